The zero-order chi connectivity index (χ0) is 18.2. The molecule has 0 aliphatic carbocycles. The molecule has 0 bridgehead atoms. The molecule has 1 N–H and O–H groups in total. The van der Waals surface area contributed by atoms with Crippen LogP contribution in [0.1, 0.15) is 12.5 Å². The predicted molar refractivity (Wildman–Crippen MR) is 80.9 cm³/mol. The van der Waals surface area contributed by atoms with Crippen molar-refractivity contribution in [3.8, 4) is 5.75 Å². The molecular weight excluding hydrogens is 327 g/mol. The van der Waals surface area contributed by atoms with E-state index in [2.05, 4.69) is 16.6 Å². The summed E-state index contributed by atoms with van der Waals surface area (Å²) >= 11 is 0. The number of alkyl halides is 3. The van der Waals surface area contributed by atoms with Gasteiger partial charge in [0.2, 0.25) is 5.91 Å². The molecule has 0 saturated heterocycles. The van der Waals surface area contributed by atoms with E-state index in [1.807, 2.05) is 0 Å². The van der Waals surface area contributed by atoms with Crippen molar-refractivity contribution in [1.29, 1.82) is 0 Å². The van der Waals surface area contributed by atoms with E-state index in [1.54, 1.807) is 0 Å². The summed E-state index contributed by atoms with van der Waals surface area (Å²) in [5.41, 5.74) is 0.785. The van der Waals surface area contributed by atoms with Gasteiger partial charge in [-0.2, -0.15) is 0 Å². The second-order valence-corrected chi connectivity index (χ2v) is 4.66. The van der Waals surface area contributed by atoms with E-state index >= 15 is 0 Å². The SMILES string of the molecule is C=C(C)C(=O)OCCNC(=O)/C=C/c1ccc(OC(F)(F)F)cc1. The van der Waals surface area contributed by atoms with Crippen molar-refractivity contribution in [2.24, 2.45) is 0 Å². The average molecular weight is 343 g/mol. The number of amides is 1. The summed E-state index contributed by atoms with van der Waals surface area (Å²) in [6.45, 7) is 5.06. The highest BCUT2D eigenvalue weighted by Crippen LogP contribution is 2.22. The van der Waals surface area contributed by atoms with Crippen LogP contribution in [0, 0.1) is 0 Å². The Hall–Kier alpha value is -2.77. The fourth-order valence-electron chi connectivity index (χ4n) is 1.45. The summed E-state index contributed by atoms with van der Waals surface area (Å²) in [5.74, 6) is -1.32. The minimum absolute atomic E-state index is 0.00868. The third kappa shape index (κ3) is 8.02. The van der Waals surface area contributed by atoms with Crippen molar-refractivity contribution in [2.75, 3.05) is 13.2 Å². The maximum atomic E-state index is 12.0. The maximum absolute atomic E-state index is 12.0. The Morgan fingerprint density at radius 2 is 1.88 bits per heavy atom. The van der Waals surface area contributed by atoms with Crippen molar-refractivity contribution in [1.82, 2.24) is 5.32 Å². The lowest BCUT2D eigenvalue weighted by Gasteiger charge is -2.08. The first-order chi connectivity index (χ1) is 11.2. The van der Waals surface area contributed by atoms with Gasteiger partial charge in [-0.25, -0.2) is 4.79 Å². The number of halogens is 3. The van der Waals surface area contributed by atoms with E-state index in [0.29, 0.717) is 5.56 Å². The first kappa shape index (κ1) is 19.3. The van der Waals surface area contributed by atoms with E-state index in [1.165, 1.54) is 31.2 Å². The lowest BCUT2D eigenvalue weighted by Crippen LogP contribution is -2.26. The van der Waals surface area contributed by atoms with Crippen LogP contribution < -0.4 is 10.1 Å². The van der Waals surface area contributed by atoms with Crippen molar-refractivity contribution in [3.63, 3.8) is 0 Å². The van der Waals surface area contributed by atoms with Crippen molar-refractivity contribution >= 4 is 18.0 Å². The van der Waals surface area contributed by atoms with Gasteiger partial charge >= 0.3 is 12.3 Å². The molecule has 1 aromatic rings. The summed E-state index contributed by atoms with van der Waals surface area (Å²) < 4.78 is 44.6. The Labute approximate surface area is 136 Å². The molecule has 130 valence electrons. The van der Waals surface area contributed by atoms with Gasteiger partial charge in [0.1, 0.15) is 12.4 Å². The summed E-state index contributed by atoms with van der Waals surface area (Å²) in [7, 11) is 0. The summed E-state index contributed by atoms with van der Waals surface area (Å²) in [6, 6.07) is 5.03. The molecule has 0 aliphatic rings. The second-order valence-electron chi connectivity index (χ2n) is 4.66. The van der Waals surface area contributed by atoms with Gasteiger partial charge in [0.05, 0.1) is 6.54 Å². The van der Waals surface area contributed by atoms with Gasteiger partial charge in [-0.1, -0.05) is 18.7 Å². The zero-order valence-corrected chi connectivity index (χ0v) is 12.9. The Balaban J connectivity index is 2.38. The summed E-state index contributed by atoms with van der Waals surface area (Å²) in [4.78, 5) is 22.6. The number of nitrogens with one attached hydrogen (secondary N) is 1. The molecule has 0 fully saturated rings. The van der Waals surface area contributed by atoms with Gasteiger partial charge in [-0.05, 0) is 30.7 Å². The fourth-order valence-corrected chi connectivity index (χ4v) is 1.45. The zero-order valence-electron chi connectivity index (χ0n) is 12.9. The molecule has 1 rings (SSSR count). The molecule has 1 aromatic carbocycles. The number of esters is 1. The van der Waals surface area contributed by atoms with Gasteiger partial charge in [-0.15, -0.1) is 13.2 Å². The molecule has 0 spiro atoms. The molecule has 0 atom stereocenters. The minimum atomic E-state index is -4.75. The Morgan fingerprint density at radius 1 is 1.25 bits per heavy atom. The first-order valence-corrected chi connectivity index (χ1v) is 6.82. The average Bonchev–Trinajstić information content (AvgIpc) is 2.49. The van der Waals surface area contributed by atoms with Crippen LogP contribution in [0.5, 0.6) is 5.75 Å². The number of benzene rings is 1. The lowest BCUT2D eigenvalue weighted by molar-refractivity contribution is -0.274. The molecule has 0 unspecified atom stereocenters. The van der Waals surface area contributed by atoms with Gasteiger partial charge < -0.3 is 14.8 Å². The highest BCUT2D eigenvalue weighted by molar-refractivity contribution is 5.91. The smallest absolute Gasteiger partial charge is 0.460 e. The molecule has 0 aliphatic heterocycles. The topological polar surface area (TPSA) is 64.6 Å². The molecule has 8 heteroatoms. The monoisotopic (exact) mass is 343 g/mol. The minimum Gasteiger partial charge on any atom is -0.460 e. The summed E-state index contributed by atoms with van der Waals surface area (Å²) in [6.07, 6.45) is -2.11. The number of carbonyl (C=O) groups excluding carboxylic acids is 2. The highest BCUT2D eigenvalue weighted by atomic mass is 19.4. The Morgan fingerprint density at radius 3 is 2.42 bits per heavy atom. The molecule has 5 nitrogen and oxygen atoms in total. The fraction of sp³-hybridized carbons (Fsp3) is 0.250. The van der Waals surface area contributed by atoms with Crippen LogP contribution in [0.15, 0.2) is 42.5 Å². The lowest BCUT2D eigenvalue weighted by atomic mass is 10.2. The number of carbonyl (C=O) groups is 2. The van der Waals surface area contributed by atoms with E-state index in [-0.39, 0.29) is 24.5 Å². The number of hydrogen-bond acceptors (Lipinski definition) is 4. The van der Waals surface area contributed by atoms with Crippen molar-refractivity contribution in [2.45, 2.75) is 13.3 Å². The first-order valence-electron chi connectivity index (χ1n) is 6.82. The number of ether oxygens (including phenoxy) is 2. The quantitative estimate of drug-likeness (QED) is 0.470. The second kappa shape index (κ2) is 8.76. The van der Waals surface area contributed by atoms with Gasteiger partial charge in [0, 0.05) is 11.6 Å². The van der Waals surface area contributed by atoms with Crippen LogP contribution >= 0.6 is 0 Å². The molecule has 1 amide bonds. The van der Waals surface area contributed by atoms with Crippen molar-refractivity contribution < 1.29 is 32.2 Å². The third-order valence-corrected chi connectivity index (χ3v) is 2.52. The number of rotatable bonds is 7. The molecule has 0 saturated carbocycles. The molecule has 24 heavy (non-hydrogen) atoms. The molecule has 0 heterocycles. The van der Waals surface area contributed by atoms with Gasteiger partial charge in [0.15, 0.2) is 0 Å². The van der Waals surface area contributed by atoms with Crippen LogP contribution in [-0.4, -0.2) is 31.4 Å². The van der Waals surface area contributed by atoms with E-state index in [4.69, 9.17) is 4.74 Å². The largest absolute Gasteiger partial charge is 0.573 e. The Kier molecular flexibility index (Phi) is 7.03. The predicted octanol–water partition coefficient (Wildman–Crippen LogP) is 2.83. The normalized spacial score (nSPS) is 11.2. The van der Waals surface area contributed by atoms with Gasteiger partial charge in [0.25, 0.3) is 0 Å². The van der Waals surface area contributed by atoms with E-state index in [9.17, 15) is 22.8 Å². The van der Waals surface area contributed by atoms with Crippen LogP contribution in [0.25, 0.3) is 6.08 Å². The third-order valence-electron chi connectivity index (χ3n) is 2.52. The van der Waals surface area contributed by atoms with Crippen LogP contribution in [0.4, 0.5) is 13.2 Å². The molecule has 0 aromatic heterocycles. The molecule has 0 radical (unpaired) electrons. The standard InChI is InChI=1S/C16H16F3NO4/c1-11(2)15(22)23-10-9-20-14(21)8-5-12-3-6-13(7-4-12)24-16(17,18)19/h3-8H,1,9-10H2,2H3,(H,20,21)/b8-5+. The Bertz CT molecular complexity index is 621. The summed E-state index contributed by atoms with van der Waals surface area (Å²) in [5, 5.41) is 2.48. The molecular formula is C16H16F3NO4. The van der Waals surface area contributed by atoms with E-state index in [0.717, 1.165) is 12.1 Å². The van der Waals surface area contributed by atoms with E-state index < -0.39 is 18.2 Å². The maximum Gasteiger partial charge on any atom is 0.573 e. The van der Waals surface area contributed by atoms with Gasteiger partial charge in [-0.3, -0.25) is 4.79 Å². The van der Waals surface area contributed by atoms with Crippen molar-refractivity contribution in [3.05, 3.63) is 48.1 Å². The number of hydrogen-bond donors (Lipinski definition) is 1. The van der Waals surface area contributed by atoms with Crippen LogP contribution in [-0.2, 0) is 14.3 Å². The van der Waals surface area contributed by atoms with Crippen LogP contribution in [0.3, 0.4) is 0 Å². The highest BCUT2D eigenvalue weighted by Gasteiger charge is 2.30. The van der Waals surface area contributed by atoms with Crippen LogP contribution in [0.2, 0.25) is 0 Å².